The normalized spacial score (nSPS) is 14.6. The molecule has 0 bridgehead atoms. The Balaban J connectivity index is 1.77. The molecule has 1 amide bonds. The Hall–Kier alpha value is -3.26. The molecule has 3 N–H and O–H groups in total. The number of amides is 1. The number of nitrogens with zero attached hydrogens (tertiary/aromatic N) is 5. The van der Waals surface area contributed by atoms with Gasteiger partial charge < -0.3 is 15.7 Å². The number of pyridine rings is 1. The number of aliphatic imine (C=N–C) groups is 1. The lowest BCUT2D eigenvalue weighted by molar-refractivity contribution is -0.133. The first kappa shape index (κ1) is 18.1. The molecule has 28 heavy (non-hydrogen) atoms. The van der Waals surface area contributed by atoms with Crippen LogP contribution >= 0.6 is 0 Å². The van der Waals surface area contributed by atoms with Gasteiger partial charge in [-0.25, -0.2) is 4.98 Å². The van der Waals surface area contributed by atoms with Crippen LogP contribution in [0.4, 0.5) is 5.82 Å². The highest BCUT2D eigenvalue weighted by Gasteiger charge is 2.21. The molecule has 1 atom stereocenters. The minimum absolute atomic E-state index is 0.0820. The van der Waals surface area contributed by atoms with Crippen LogP contribution in [0.3, 0.4) is 0 Å². The minimum Gasteiger partial charge on any atom is -0.395 e. The van der Waals surface area contributed by atoms with E-state index in [0.717, 1.165) is 27.6 Å². The van der Waals surface area contributed by atoms with Gasteiger partial charge in [-0.05, 0) is 36.3 Å². The summed E-state index contributed by atoms with van der Waals surface area (Å²) in [6, 6.07) is 5.50. The third kappa shape index (κ3) is 3.01. The van der Waals surface area contributed by atoms with Crippen molar-refractivity contribution in [3.63, 3.8) is 0 Å². The van der Waals surface area contributed by atoms with Crippen molar-refractivity contribution in [3.8, 4) is 0 Å². The molecule has 3 aromatic rings. The first-order valence-corrected chi connectivity index (χ1v) is 9.13. The van der Waals surface area contributed by atoms with Gasteiger partial charge in [0, 0.05) is 31.4 Å². The van der Waals surface area contributed by atoms with Crippen LogP contribution in [-0.4, -0.2) is 63.6 Å². The third-order valence-corrected chi connectivity index (χ3v) is 5.08. The molecule has 0 aliphatic carbocycles. The fourth-order valence-corrected chi connectivity index (χ4v) is 3.42. The summed E-state index contributed by atoms with van der Waals surface area (Å²) in [6.45, 7) is 2.64. The topological polar surface area (TPSA) is 110 Å². The summed E-state index contributed by atoms with van der Waals surface area (Å²) in [5.41, 5.74) is 9.87. The van der Waals surface area contributed by atoms with Crippen LogP contribution in [0.1, 0.15) is 18.5 Å². The fourth-order valence-electron chi connectivity index (χ4n) is 3.42. The van der Waals surface area contributed by atoms with E-state index in [2.05, 4.69) is 15.1 Å². The van der Waals surface area contributed by atoms with E-state index in [-0.39, 0.29) is 19.1 Å². The summed E-state index contributed by atoms with van der Waals surface area (Å²) in [7, 11) is 1.66. The molecule has 8 nitrogen and oxygen atoms in total. The highest BCUT2D eigenvalue weighted by molar-refractivity contribution is 6.08. The van der Waals surface area contributed by atoms with Gasteiger partial charge in [-0.1, -0.05) is 6.07 Å². The number of aromatic nitrogens is 3. The maximum atomic E-state index is 12.5. The molecule has 0 spiro atoms. The number of carbonyl (C=O) groups excluding carboxylic acids is 1. The first-order chi connectivity index (χ1) is 13.5. The summed E-state index contributed by atoms with van der Waals surface area (Å²) in [4.78, 5) is 22.8. The van der Waals surface area contributed by atoms with Crippen LogP contribution in [0, 0.1) is 0 Å². The summed E-state index contributed by atoms with van der Waals surface area (Å²) in [5, 5.41) is 15.3. The Kier molecular flexibility index (Phi) is 4.56. The molecule has 0 saturated heterocycles. The summed E-state index contributed by atoms with van der Waals surface area (Å²) in [6.07, 6.45) is 5.56. The average Bonchev–Trinajstić information content (AvgIpc) is 3.37. The van der Waals surface area contributed by atoms with Crippen molar-refractivity contribution in [2.75, 3.05) is 32.5 Å². The Bertz CT molecular complexity index is 1130. The van der Waals surface area contributed by atoms with Gasteiger partial charge >= 0.3 is 0 Å². The zero-order valence-corrected chi connectivity index (χ0v) is 15.8. The number of carbonyl (C=O) groups is 1. The van der Waals surface area contributed by atoms with Gasteiger partial charge in [0.25, 0.3) is 0 Å². The van der Waals surface area contributed by atoms with E-state index in [1.807, 2.05) is 24.3 Å². The third-order valence-electron chi connectivity index (χ3n) is 5.08. The number of fused-ring (bicyclic) bond motifs is 3. The number of rotatable bonds is 5. The summed E-state index contributed by atoms with van der Waals surface area (Å²) in [5.74, 6) is 0.249. The number of allylic oxidation sites excluding steroid dienone is 1. The predicted octanol–water partition coefficient (Wildman–Crippen LogP) is 1.65. The number of aliphatic hydroxyl groups is 1. The molecule has 2 aromatic heterocycles. The Labute approximate surface area is 162 Å². The van der Waals surface area contributed by atoms with Gasteiger partial charge in [0.2, 0.25) is 5.91 Å². The van der Waals surface area contributed by atoms with E-state index in [4.69, 9.17) is 10.8 Å². The van der Waals surface area contributed by atoms with Gasteiger partial charge in [-0.15, -0.1) is 0 Å². The molecule has 3 heterocycles. The van der Waals surface area contributed by atoms with E-state index in [1.54, 1.807) is 31.1 Å². The average molecular weight is 378 g/mol. The fraction of sp³-hybridized carbons (Fsp3) is 0.300. The maximum Gasteiger partial charge on any atom is 0.246 e. The van der Waals surface area contributed by atoms with Gasteiger partial charge in [0.1, 0.15) is 17.4 Å². The van der Waals surface area contributed by atoms with E-state index in [0.29, 0.717) is 17.7 Å². The maximum absolute atomic E-state index is 12.5. The van der Waals surface area contributed by atoms with Crippen LogP contribution in [-0.2, 0) is 4.79 Å². The SMILES string of the molecule is CC(C(=O)N(C)CCO)n1cc2c(N)nc3cc(C4=CC=NC4)ccc3c2n1. The zero-order valence-electron chi connectivity index (χ0n) is 15.8. The Morgan fingerprint density at radius 3 is 2.93 bits per heavy atom. The van der Waals surface area contributed by atoms with Crippen LogP contribution in [0.15, 0.2) is 35.5 Å². The second-order valence-corrected chi connectivity index (χ2v) is 6.94. The number of hydrogen-bond donors (Lipinski definition) is 2. The van der Waals surface area contributed by atoms with Crippen molar-refractivity contribution in [1.29, 1.82) is 0 Å². The van der Waals surface area contributed by atoms with Crippen molar-refractivity contribution in [1.82, 2.24) is 19.7 Å². The minimum atomic E-state index is -0.515. The number of hydrogen-bond acceptors (Lipinski definition) is 6. The molecule has 1 unspecified atom stereocenters. The number of nitrogen functional groups attached to an aromatic ring is 1. The number of nitrogens with two attached hydrogens (primary N) is 1. The highest BCUT2D eigenvalue weighted by Crippen LogP contribution is 2.30. The van der Waals surface area contributed by atoms with Gasteiger partial charge in [-0.3, -0.25) is 14.5 Å². The zero-order chi connectivity index (χ0) is 19.8. The van der Waals surface area contributed by atoms with Gasteiger partial charge in [0.05, 0.1) is 24.1 Å². The molecule has 4 rings (SSSR count). The molecule has 0 saturated carbocycles. The van der Waals surface area contributed by atoms with Crippen LogP contribution in [0.2, 0.25) is 0 Å². The number of likely N-dealkylation sites (N-methyl/N-ethyl adjacent to an activating group) is 1. The van der Waals surface area contributed by atoms with Gasteiger partial charge in [-0.2, -0.15) is 5.10 Å². The highest BCUT2D eigenvalue weighted by atomic mass is 16.3. The second-order valence-electron chi connectivity index (χ2n) is 6.94. The number of aliphatic hydroxyl groups excluding tert-OH is 1. The van der Waals surface area contributed by atoms with E-state index in [9.17, 15) is 4.79 Å². The number of anilines is 1. The Morgan fingerprint density at radius 1 is 1.39 bits per heavy atom. The van der Waals surface area contributed by atoms with E-state index < -0.39 is 6.04 Å². The van der Waals surface area contributed by atoms with E-state index in [1.165, 1.54) is 4.90 Å². The van der Waals surface area contributed by atoms with Crippen LogP contribution < -0.4 is 5.73 Å². The van der Waals surface area contributed by atoms with Crippen molar-refractivity contribution in [2.45, 2.75) is 13.0 Å². The molecule has 144 valence electrons. The Morgan fingerprint density at radius 2 is 2.21 bits per heavy atom. The number of benzene rings is 1. The second kappa shape index (κ2) is 7.05. The van der Waals surface area contributed by atoms with Gasteiger partial charge in [0.15, 0.2) is 0 Å². The lowest BCUT2D eigenvalue weighted by Gasteiger charge is -2.20. The summed E-state index contributed by atoms with van der Waals surface area (Å²) >= 11 is 0. The lowest BCUT2D eigenvalue weighted by atomic mass is 10.0. The van der Waals surface area contributed by atoms with Crippen molar-refractivity contribution < 1.29 is 9.90 Å². The van der Waals surface area contributed by atoms with Crippen molar-refractivity contribution >= 4 is 45.3 Å². The molecule has 8 heteroatoms. The smallest absolute Gasteiger partial charge is 0.246 e. The predicted molar refractivity (Wildman–Crippen MR) is 110 cm³/mol. The largest absolute Gasteiger partial charge is 0.395 e. The van der Waals surface area contributed by atoms with Crippen molar-refractivity contribution in [3.05, 3.63) is 36.0 Å². The monoisotopic (exact) mass is 378 g/mol. The van der Waals surface area contributed by atoms with E-state index >= 15 is 0 Å². The molecule has 0 radical (unpaired) electrons. The van der Waals surface area contributed by atoms with Crippen molar-refractivity contribution in [2.24, 2.45) is 4.99 Å². The quantitative estimate of drug-likeness (QED) is 0.701. The molecule has 1 aromatic carbocycles. The molecule has 1 aliphatic rings. The molecule has 0 fully saturated rings. The van der Waals surface area contributed by atoms with Crippen LogP contribution in [0.5, 0.6) is 0 Å². The molecular weight excluding hydrogens is 356 g/mol. The molecule has 1 aliphatic heterocycles. The summed E-state index contributed by atoms with van der Waals surface area (Å²) < 4.78 is 1.61. The lowest BCUT2D eigenvalue weighted by Crippen LogP contribution is -2.35. The van der Waals surface area contributed by atoms with Crippen LogP contribution in [0.25, 0.3) is 27.4 Å². The molecular formula is C20H22N6O2. The first-order valence-electron chi connectivity index (χ1n) is 9.13. The standard InChI is InChI=1S/C20H22N6O2/c1-12(20(28)25(2)7-8-27)26-11-16-18(24-26)15-4-3-13(14-5-6-22-10-14)9-17(15)23-19(16)21/h3-6,9,11-12,27H,7-8,10H2,1-2H3,(H2,21,23).